The van der Waals surface area contributed by atoms with E-state index in [1.807, 2.05) is 0 Å². The summed E-state index contributed by atoms with van der Waals surface area (Å²) < 4.78 is 0. The molecule has 1 aromatic carbocycles. The first-order valence-corrected chi connectivity index (χ1v) is 6.84. The van der Waals surface area contributed by atoms with Gasteiger partial charge in [-0.15, -0.1) is 0 Å². The highest BCUT2D eigenvalue weighted by molar-refractivity contribution is 5.82. The second kappa shape index (κ2) is 4.24. The number of allylic oxidation sites excluding steroid dienone is 9. The van der Waals surface area contributed by atoms with Crippen molar-refractivity contribution in [2.24, 2.45) is 0 Å². The van der Waals surface area contributed by atoms with Gasteiger partial charge in [0.2, 0.25) is 0 Å². The lowest BCUT2D eigenvalue weighted by atomic mass is 9.84. The number of rotatable bonds is 2. The van der Waals surface area contributed by atoms with Crippen LogP contribution in [0.4, 0.5) is 0 Å². The Labute approximate surface area is 114 Å². The summed E-state index contributed by atoms with van der Waals surface area (Å²) in [6.45, 7) is 0. The number of fused-ring (bicyclic) bond motifs is 1. The molecule has 0 aliphatic heterocycles. The minimum atomic E-state index is 1.06. The quantitative estimate of drug-likeness (QED) is 0.701. The summed E-state index contributed by atoms with van der Waals surface area (Å²) in [6, 6.07) is 8.72. The maximum Gasteiger partial charge on any atom is 0.0601 e. The molecule has 0 spiro atoms. The maximum atomic E-state index is 2.35. The molecule has 4 rings (SSSR count). The van der Waals surface area contributed by atoms with Gasteiger partial charge in [0.1, 0.15) is 0 Å². The Kier molecular flexibility index (Phi) is 2.41. The van der Waals surface area contributed by atoms with Crippen LogP contribution in [0.5, 0.6) is 0 Å². The summed E-state index contributed by atoms with van der Waals surface area (Å²) in [5.74, 6) is 1.44. The molecule has 0 N–H and O–H groups in total. The third kappa shape index (κ3) is 1.67. The Morgan fingerprint density at radius 1 is 0.789 bits per heavy atom. The van der Waals surface area contributed by atoms with Gasteiger partial charge in [-0.1, -0.05) is 60.7 Å². The number of hydrogen-bond acceptors (Lipinski definition) is 0. The molecule has 3 aliphatic rings. The molecule has 0 saturated carbocycles. The standard InChI is InChI=1S/C19H15/c1-2-8-14(7-1)18-13-16-11-5-6-12-17(16)19(18)15-9-3-4-10-15/h1-7,9,11-13H,8,10H2. The topological polar surface area (TPSA) is 0 Å². The number of hydrogen-bond donors (Lipinski definition) is 0. The van der Waals surface area contributed by atoms with Gasteiger partial charge >= 0.3 is 0 Å². The molecule has 0 fully saturated rings. The van der Waals surface area contributed by atoms with E-state index >= 15 is 0 Å². The molecule has 0 saturated heterocycles. The van der Waals surface area contributed by atoms with Gasteiger partial charge in [0, 0.05) is 0 Å². The zero-order chi connectivity index (χ0) is 12.7. The molecule has 1 aromatic rings. The van der Waals surface area contributed by atoms with Gasteiger partial charge in [0.05, 0.1) is 5.92 Å². The van der Waals surface area contributed by atoms with Crippen molar-refractivity contribution in [2.75, 3.05) is 0 Å². The van der Waals surface area contributed by atoms with Crippen LogP contribution in [0, 0.1) is 5.92 Å². The lowest BCUT2D eigenvalue weighted by Gasteiger charge is -2.18. The van der Waals surface area contributed by atoms with Crippen LogP contribution in [-0.4, -0.2) is 0 Å². The summed E-state index contributed by atoms with van der Waals surface area (Å²) in [5.41, 5.74) is 7.05. The lowest BCUT2D eigenvalue weighted by Crippen LogP contribution is -2.04. The summed E-state index contributed by atoms with van der Waals surface area (Å²) in [7, 11) is 0. The van der Waals surface area contributed by atoms with Crippen molar-refractivity contribution >= 4 is 6.08 Å². The Hall–Kier alpha value is -2.08. The van der Waals surface area contributed by atoms with Gasteiger partial charge in [0.25, 0.3) is 0 Å². The van der Waals surface area contributed by atoms with E-state index in [-0.39, 0.29) is 0 Å². The van der Waals surface area contributed by atoms with E-state index in [0.29, 0.717) is 0 Å². The molecule has 0 heterocycles. The summed E-state index contributed by atoms with van der Waals surface area (Å²) >= 11 is 0. The Balaban J connectivity index is 1.82. The summed E-state index contributed by atoms with van der Waals surface area (Å²) in [5, 5.41) is 0. The van der Waals surface area contributed by atoms with Crippen molar-refractivity contribution in [1.82, 2.24) is 0 Å². The normalized spacial score (nSPS) is 20.5. The van der Waals surface area contributed by atoms with Crippen molar-refractivity contribution in [1.29, 1.82) is 0 Å². The van der Waals surface area contributed by atoms with E-state index in [1.54, 1.807) is 0 Å². The minimum Gasteiger partial charge on any atom is -0.0804 e. The molecule has 1 radical (unpaired) electrons. The second-order valence-corrected chi connectivity index (χ2v) is 5.17. The first-order valence-electron chi connectivity index (χ1n) is 6.84. The van der Waals surface area contributed by atoms with Crippen molar-refractivity contribution in [3.05, 3.63) is 94.5 Å². The van der Waals surface area contributed by atoms with E-state index in [4.69, 9.17) is 0 Å². The summed E-state index contributed by atoms with van der Waals surface area (Å²) in [6.07, 6.45) is 17.8. The van der Waals surface area contributed by atoms with Gasteiger partial charge in [0.15, 0.2) is 0 Å². The molecule has 0 amide bonds. The van der Waals surface area contributed by atoms with Crippen LogP contribution in [0.25, 0.3) is 6.08 Å². The van der Waals surface area contributed by atoms with Gasteiger partial charge in [-0.25, -0.2) is 0 Å². The first-order chi connectivity index (χ1) is 9.43. The molecule has 0 aromatic heterocycles. The van der Waals surface area contributed by atoms with Crippen LogP contribution in [0.15, 0.2) is 77.4 Å². The van der Waals surface area contributed by atoms with Gasteiger partial charge in [-0.3, -0.25) is 0 Å². The molecule has 0 nitrogen and oxygen atoms in total. The van der Waals surface area contributed by atoms with Crippen molar-refractivity contribution in [3.63, 3.8) is 0 Å². The van der Waals surface area contributed by atoms with E-state index in [2.05, 4.69) is 66.8 Å². The Bertz CT molecular complexity index is 678. The van der Waals surface area contributed by atoms with E-state index < -0.39 is 0 Å². The third-order valence-electron chi connectivity index (χ3n) is 4.01. The Morgan fingerprint density at radius 3 is 2.26 bits per heavy atom. The van der Waals surface area contributed by atoms with Crippen LogP contribution >= 0.6 is 0 Å². The molecular weight excluding hydrogens is 228 g/mol. The van der Waals surface area contributed by atoms with Crippen LogP contribution in [0.1, 0.15) is 24.0 Å². The third-order valence-corrected chi connectivity index (χ3v) is 4.01. The highest BCUT2D eigenvalue weighted by atomic mass is 14.3. The fraction of sp³-hybridized carbons (Fsp3) is 0.105. The predicted molar refractivity (Wildman–Crippen MR) is 80.4 cm³/mol. The minimum absolute atomic E-state index is 1.06. The fourth-order valence-corrected chi connectivity index (χ4v) is 3.10. The predicted octanol–water partition coefficient (Wildman–Crippen LogP) is 4.78. The van der Waals surface area contributed by atoms with Crippen molar-refractivity contribution in [3.8, 4) is 0 Å². The van der Waals surface area contributed by atoms with Crippen molar-refractivity contribution in [2.45, 2.75) is 12.8 Å². The highest BCUT2D eigenvalue weighted by Crippen LogP contribution is 2.46. The molecule has 0 atom stereocenters. The fourth-order valence-electron chi connectivity index (χ4n) is 3.10. The molecule has 0 unspecified atom stereocenters. The molecule has 91 valence electrons. The van der Waals surface area contributed by atoms with E-state index in [1.165, 1.54) is 33.8 Å². The molecule has 0 heteroatoms. The van der Waals surface area contributed by atoms with Crippen LogP contribution in [-0.2, 0) is 0 Å². The monoisotopic (exact) mass is 243 g/mol. The van der Waals surface area contributed by atoms with Gasteiger partial charge in [-0.05, 0) is 46.8 Å². The first kappa shape index (κ1) is 10.8. The van der Waals surface area contributed by atoms with E-state index in [9.17, 15) is 0 Å². The lowest BCUT2D eigenvalue weighted by molar-refractivity contribution is 1.12. The average molecular weight is 243 g/mol. The molecule has 3 aliphatic carbocycles. The Morgan fingerprint density at radius 2 is 1.53 bits per heavy atom. The van der Waals surface area contributed by atoms with E-state index in [0.717, 1.165) is 12.8 Å². The smallest absolute Gasteiger partial charge is 0.0601 e. The van der Waals surface area contributed by atoms with Crippen LogP contribution < -0.4 is 0 Å². The zero-order valence-electron chi connectivity index (χ0n) is 10.8. The van der Waals surface area contributed by atoms with Crippen LogP contribution in [0.3, 0.4) is 0 Å². The van der Waals surface area contributed by atoms with Crippen molar-refractivity contribution < 1.29 is 0 Å². The molecular formula is C19H15. The summed E-state index contributed by atoms with van der Waals surface area (Å²) in [4.78, 5) is 0. The van der Waals surface area contributed by atoms with Gasteiger partial charge in [-0.2, -0.15) is 0 Å². The highest BCUT2D eigenvalue weighted by Gasteiger charge is 2.30. The maximum absolute atomic E-state index is 2.35. The molecule has 0 bridgehead atoms. The largest absolute Gasteiger partial charge is 0.0804 e. The van der Waals surface area contributed by atoms with Crippen LogP contribution in [0.2, 0.25) is 0 Å². The average Bonchev–Trinajstić information content (AvgIpc) is 3.17. The molecule has 19 heavy (non-hydrogen) atoms. The second-order valence-electron chi connectivity index (χ2n) is 5.17. The SMILES string of the molecule is C1=CCC([C]2C(C3=CC=CC3)=Cc3ccccc32)=C1. The number of benzene rings is 1. The van der Waals surface area contributed by atoms with Gasteiger partial charge < -0.3 is 0 Å². The zero-order valence-corrected chi connectivity index (χ0v) is 10.8.